The summed E-state index contributed by atoms with van der Waals surface area (Å²) in [5.74, 6) is 0. The fraction of sp³-hybridized carbons (Fsp3) is 0.571. The lowest BCUT2D eigenvalue weighted by molar-refractivity contribution is -0.384. The molecule has 0 bridgehead atoms. The molecule has 0 amide bonds. The Morgan fingerprint density at radius 2 is 2.08 bits per heavy atom. The van der Waals surface area contributed by atoms with Gasteiger partial charge in [0.05, 0.1) is 29.6 Å². The monoisotopic (exact) mass is 359 g/mol. The predicted molar refractivity (Wildman–Crippen MR) is 87.5 cm³/mol. The molecule has 0 spiro atoms. The highest BCUT2D eigenvalue weighted by Crippen LogP contribution is 2.30. The summed E-state index contributed by atoms with van der Waals surface area (Å²) in [6.45, 7) is 2.70. The van der Waals surface area contributed by atoms with Crippen LogP contribution in [0.15, 0.2) is 23.1 Å². The summed E-state index contributed by atoms with van der Waals surface area (Å²) >= 11 is 0. The van der Waals surface area contributed by atoms with Crippen molar-refractivity contribution >= 4 is 21.4 Å². The normalized spacial score (nSPS) is 17.4. The second-order valence-corrected chi connectivity index (χ2v) is 7.32. The first-order valence-electron chi connectivity index (χ1n) is 7.64. The van der Waals surface area contributed by atoms with Crippen LogP contribution >= 0.6 is 0 Å². The van der Waals surface area contributed by atoms with Gasteiger partial charge in [-0.25, -0.2) is 8.42 Å². The molecule has 9 nitrogen and oxygen atoms in total. The Bertz CT molecular complexity index is 684. The Labute approximate surface area is 140 Å². The van der Waals surface area contributed by atoms with Gasteiger partial charge < -0.3 is 15.2 Å². The largest absolute Gasteiger partial charge is 0.394 e. The third kappa shape index (κ3) is 4.01. The first-order chi connectivity index (χ1) is 11.4. The van der Waals surface area contributed by atoms with E-state index < -0.39 is 14.9 Å². The van der Waals surface area contributed by atoms with Crippen molar-refractivity contribution in [3.8, 4) is 0 Å². The maximum atomic E-state index is 12.6. The minimum atomic E-state index is -3.80. The molecule has 1 aromatic rings. The number of hydrogen-bond acceptors (Lipinski definition) is 7. The highest BCUT2D eigenvalue weighted by molar-refractivity contribution is 7.89. The lowest BCUT2D eigenvalue weighted by Crippen LogP contribution is -2.40. The molecule has 2 N–H and O–H groups in total. The molecule has 0 unspecified atom stereocenters. The standard InChI is InChI=1S/C14H21N3O6S/c1-2-11(10-18)15-13-4-3-12(9-14(13)17(19)20)24(21,22)16-5-7-23-8-6-16/h3-4,9,11,15,18H,2,5-8,10H2,1H3/t11-/m1/s1. The zero-order chi connectivity index (χ0) is 17.7. The summed E-state index contributed by atoms with van der Waals surface area (Å²) in [5.41, 5.74) is -0.155. The van der Waals surface area contributed by atoms with E-state index in [1.807, 2.05) is 6.92 Å². The van der Waals surface area contributed by atoms with Crippen LogP contribution in [0.5, 0.6) is 0 Å². The molecule has 1 heterocycles. The van der Waals surface area contributed by atoms with E-state index in [1.165, 1.54) is 16.4 Å². The van der Waals surface area contributed by atoms with Crippen molar-refractivity contribution in [1.82, 2.24) is 4.31 Å². The van der Waals surface area contributed by atoms with Crippen LogP contribution in [0.25, 0.3) is 0 Å². The summed E-state index contributed by atoms with van der Waals surface area (Å²) in [4.78, 5) is 10.5. The summed E-state index contributed by atoms with van der Waals surface area (Å²) in [7, 11) is -3.80. The number of hydrogen-bond donors (Lipinski definition) is 2. The average molecular weight is 359 g/mol. The van der Waals surface area contributed by atoms with Gasteiger partial charge in [-0.3, -0.25) is 10.1 Å². The number of nitrogens with one attached hydrogen (secondary N) is 1. The van der Waals surface area contributed by atoms with E-state index in [0.29, 0.717) is 19.6 Å². The van der Waals surface area contributed by atoms with Gasteiger partial charge >= 0.3 is 0 Å². The number of sulfonamides is 1. The summed E-state index contributed by atoms with van der Waals surface area (Å²) in [6, 6.07) is 3.41. The molecule has 0 aliphatic carbocycles. The average Bonchev–Trinajstić information content (AvgIpc) is 2.60. The molecule has 1 aliphatic rings. The Kier molecular flexibility index (Phi) is 6.10. The van der Waals surface area contributed by atoms with Gasteiger partial charge in [-0.15, -0.1) is 0 Å². The quantitative estimate of drug-likeness (QED) is 0.545. The molecular formula is C14H21N3O6S. The second-order valence-electron chi connectivity index (χ2n) is 5.38. The lowest BCUT2D eigenvalue weighted by atomic mass is 10.2. The molecule has 1 atom stereocenters. The van der Waals surface area contributed by atoms with Gasteiger partial charge in [0.25, 0.3) is 5.69 Å². The van der Waals surface area contributed by atoms with Gasteiger partial charge in [0.2, 0.25) is 10.0 Å². The van der Waals surface area contributed by atoms with Crippen molar-refractivity contribution in [2.24, 2.45) is 0 Å². The van der Waals surface area contributed by atoms with Gasteiger partial charge in [0, 0.05) is 25.2 Å². The fourth-order valence-corrected chi connectivity index (χ4v) is 3.81. The van der Waals surface area contributed by atoms with Crippen molar-refractivity contribution < 1.29 is 23.2 Å². The van der Waals surface area contributed by atoms with Gasteiger partial charge in [-0.2, -0.15) is 4.31 Å². The Balaban J connectivity index is 2.35. The predicted octanol–water partition coefficient (Wildman–Crippen LogP) is 0.798. The van der Waals surface area contributed by atoms with Crippen LogP contribution in [0, 0.1) is 10.1 Å². The van der Waals surface area contributed by atoms with Crippen LogP contribution < -0.4 is 5.32 Å². The first kappa shape index (κ1) is 18.6. The number of aliphatic hydroxyl groups is 1. The van der Waals surface area contributed by atoms with Gasteiger partial charge in [-0.05, 0) is 18.6 Å². The second kappa shape index (κ2) is 7.88. The molecule has 1 saturated heterocycles. The SMILES string of the molecule is CC[C@H](CO)Nc1ccc(S(=O)(=O)N2CCOCC2)cc1[N+](=O)[O-]. The molecule has 1 aliphatic heterocycles. The number of rotatable bonds is 7. The smallest absolute Gasteiger partial charge is 0.293 e. The number of nitro groups is 1. The van der Waals surface area contributed by atoms with Crippen LogP contribution in [-0.4, -0.2) is 61.7 Å². The maximum absolute atomic E-state index is 12.6. The molecule has 10 heteroatoms. The topological polar surface area (TPSA) is 122 Å². The van der Waals surface area contributed by atoms with Crippen molar-refractivity contribution in [3.05, 3.63) is 28.3 Å². The third-order valence-corrected chi connectivity index (χ3v) is 5.74. The molecule has 1 aromatic carbocycles. The zero-order valence-electron chi connectivity index (χ0n) is 13.3. The molecule has 0 radical (unpaired) electrons. The van der Waals surface area contributed by atoms with E-state index in [1.54, 1.807) is 0 Å². The fourth-order valence-electron chi connectivity index (χ4n) is 2.38. The molecule has 0 saturated carbocycles. The number of benzene rings is 1. The van der Waals surface area contributed by atoms with Gasteiger partial charge in [-0.1, -0.05) is 6.92 Å². The van der Waals surface area contributed by atoms with E-state index >= 15 is 0 Å². The number of anilines is 1. The van der Waals surface area contributed by atoms with Crippen molar-refractivity contribution in [3.63, 3.8) is 0 Å². The molecule has 2 rings (SSSR count). The van der Waals surface area contributed by atoms with Crippen molar-refractivity contribution in [2.75, 3.05) is 38.2 Å². The number of aliphatic hydroxyl groups excluding tert-OH is 1. The molecule has 1 fully saturated rings. The summed E-state index contributed by atoms with van der Waals surface area (Å²) < 4.78 is 31.6. The molecule has 24 heavy (non-hydrogen) atoms. The number of morpholine rings is 1. The van der Waals surface area contributed by atoms with Crippen LogP contribution in [0.3, 0.4) is 0 Å². The van der Waals surface area contributed by atoms with E-state index in [2.05, 4.69) is 5.32 Å². The van der Waals surface area contributed by atoms with Gasteiger partial charge in [0.15, 0.2) is 0 Å². The number of nitrogens with zero attached hydrogens (tertiary/aromatic N) is 2. The highest BCUT2D eigenvalue weighted by atomic mass is 32.2. The van der Waals surface area contributed by atoms with Crippen LogP contribution in [0.1, 0.15) is 13.3 Å². The highest BCUT2D eigenvalue weighted by Gasteiger charge is 2.29. The zero-order valence-corrected chi connectivity index (χ0v) is 14.2. The molecular weight excluding hydrogens is 338 g/mol. The Morgan fingerprint density at radius 1 is 1.42 bits per heavy atom. The summed E-state index contributed by atoms with van der Waals surface area (Å²) in [6.07, 6.45) is 0.571. The molecule has 134 valence electrons. The van der Waals surface area contributed by atoms with E-state index in [0.717, 1.165) is 6.07 Å². The van der Waals surface area contributed by atoms with E-state index in [-0.39, 0.29) is 42.0 Å². The Morgan fingerprint density at radius 3 is 2.62 bits per heavy atom. The van der Waals surface area contributed by atoms with Crippen LogP contribution in [0.2, 0.25) is 0 Å². The number of nitro benzene ring substituents is 1. The lowest BCUT2D eigenvalue weighted by Gasteiger charge is -2.26. The van der Waals surface area contributed by atoms with Crippen LogP contribution in [0.4, 0.5) is 11.4 Å². The minimum absolute atomic E-state index is 0.126. The first-order valence-corrected chi connectivity index (χ1v) is 9.08. The van der Waals surface area contributed by atoms with Crippen molar-refractivity contribution in [2.45, 2.75) is 24.3 Å². The van der Waals surface area contributed by atoms with E-state index in [9.17, 15) is 23.6 Å². The third-order valence-electron chi connectivity index (χ3n) is 3.85. The summed E-state index contributed by atoms with van der Waals surface area (Å²) in [5, 5.41) is 23.4. The molecule has 0 aromatic heterocycles. The van der Waals surface area contributed by atoms with E-state index in [4.69, 9.17) is 4.74 Å². The van der Waals surface area contributed by atoms with Crippen molar-refractivity contribution in [1.29, 1.82) is 0 Å². The Hall–Kier alpha value is -1.75. The minimum Gasteiger partial charge on any atom is -0.394 e. The number of ether oxygens (including phenoxy) is 1. The maximum Gasteiger partial charge on any atom is 0.293 e. The van der Waals surface area contributed by atoms with Crippen LogP contribution in [-0.2, 0) is 14.8 Å². The van der Waals surface area contributed by atoms with Gasteiger partial charge in [0.1, 0.15) is 5.69 Å².